The molecule has 0 aromatic heterocycles. The Balaban J connectivity index is 2.50. The topological polar surface area (TPSA) is 70.6 Å². The fourth-order valence-corrected chi connectivity index (χ4v) is 1.55. The van der Waals surface area contributed by atoms with E-state index >= 15 is 0 Å². The summed E-state index contributed by atoms with van der Waals surface area (Å²) in [6.07, 6.45) is 1.46. The highest BCUT2D eigenvalue weighted by Gasteiger charge is 2.12. The van der Waals surface area contributed by atoms with Crippen molar-refractivity contribution >= 4 is 34.0 Å². The van der Waals surface area contributed by atoms with Gasteiger partial charge in [0.1, 0.15) is 0 Å². The summed E-state index contributed by atoms with van der Waals surface area (Å²) in [5.74, 6) is -1.48. The number of hydrogen-bond donors (Lipinski definition) is 2. The van der Waals surface area contributed by atoms with Crippen molar-refractivity contribution in [3.05, 3.63) is 34.3 Å². The Kier molecular flexibility index (Phi) is 5.51. The zero-order chi connectivity index (χ0) is 13.5. The van der Waals surface area contributed by atoms with Gasteiger partial charge in [-0.05, 0) is 31.5 Å². The van der Waals surface area contributed by atoms with Crippen LogP contribution in [0.1, 0.15) is 19.4 Å². The molecule has 0 saturated heterocycles. The van der Waals surface area contributed by atoms with Crippen LogP contribution in [0.3, 0.4) is 0 Å². The Morgan fingerprint density at radius 3 is 2.67 bits per heavy atom. The van der Waals surface area contributed by atoms with E-state index in [-0.39, 0.29) is 6.04 Å². The first-order chi connectivity index (χ1) is 8.49. The van der Waals surface area contributed by atoms with Gasteiger partial charge in [-0.15, -0.1) is 0 Å². The monoisotopic (exact) mass is 311 g/mol. The highest BCUT2D eigenvalue weighted by atomic mass is 79.9. The second kappa shape index (κ2) is 6.90. The van der Waals surface area contributed by atoms with Gasteiger partial charge in [-0.25, -0.2) is 5.43 Å². The van der Waals surface area contributed by atoms with Gasteiger partial charge in [-0.2, -0.15) is 5.10 Å². The lowest BCUT2D eigenvalue weighted by Crippen LogP contribution is -2.41. The summed E-state index contributed by atoms with van der Waals surface area (Å²) in [6, 6.07) is 7.31. The Morgan fingerprint density at radius 1 is 1.33 bits per heavy atom. The van der Waals surface area contributed by atoms with Crippen molar-refractivity contribution in [3.8, 4) is 0 Å². The number of hydrazone groups is 1. The van der Waals surface area contributed by atoms with Crippen LogP contribution in [-0.2, 0) is 9.59 Å². The van der Waals surface area contributed by atoms with Gasteiger partial charge in [0.25, 0.3) is 0 Å². The smallest absolute Gasteiger partial charge is 0.329 e. The Morgan fingerprint density at radius 2 is 2.06 bits per heavy atom. The van der Waals surface area contributed by atoms with Crippen LogP contribution < -0.4 is 10.7 Å². The first-order valence-corrected chi connectivity index (χ1v) is 6.18. The molecule has 1 aromatic carbocycles. The molecule has 0 radical (unpaired) electrons. The quantitative estimate of drug-likeness (QED) is 0.503. The van der Waals surface area contributed by atoms with Crippen LogP contribution in [0.25, 0.3) is 0 Å². The number of nitrogens with one attached hydrogen (secondary N) is 2. The molecule has 96 valence electrons. The molecule has 2 amide bonds. The maximum atomic E-state index is 11.3. The van der Waals surface area contributed by atoms with Crippen molar-refractivity contribution in [2.24, 2.45) is 5.10 Å². The summed E-state index contributed by atoms with van der Waals surface area (Å²) < 4.78 is 0.912. The second-order valence-electron chi connectivity index (χ2n) is 3.88. The van der Waals surface area contributed by atoms with Crippen LogP contribution in [-0.4, -0.2) is 24.1 Å². The van der Waals surface area contributed by atoms with E-state index in [2.05, 4.69) is 31.8 Å². The van der Waals surface area contributed by atoms with E-state index in [1.807, 2.05) is 24.3 Å². The predicted octanol–water partition coefficient (Wildman–Crippen LogP) is 1.42. The van der Waals surface area contributed by atoms with Gasteiger partial charge in [0.15, 0.2) is 0 Å². The molecule has 0 heterocycles. The molecule has 0 fully saturated rings. The minimum atomic E-state index is -0.782. The third-order valence-electron chi connectivity index (χ3n) is 1.85. The lowest BCUT2D eigenvalue weighted by atomic mass is 10.2. The first-order valence-electron chi connectivity index (χ1n) is 5.38. The molecule has 0 aliphatic carbocycles. The second-order valence-corrected chi connectivity index (χ2v) is 4.80. The molecular weight excluding hydrogens is 298 g/mol. The molecule has 0 bridgehead atoms. The van der Waals surface area contributed by atoms with Gasteiger partial charge in [-0.3, -0.25) is 9.59 Å². The van der Waals surface area contributed by atoms with E-state index in [0.29, 0.717) is 0 Å². The summed E-state index contributed by atoms with van der Waals surface area (Å²) >= 11 is 3.32. The SMILES string of the molecule is CC(C)NC(=O)C(=O)N/N=C\c1cccc(Br)c1. The van der Waals surface area contributed by atoms with E-state index in [9.17, 15) is 9.59 Å². The number of amides is 2. The number of carbonyl (C=O) groups excluding carboxylic acids is 2. The minimum Gasteiger partial charge on any atom is -0.346 e. The molecule has 0 unspecified atom stereocenters. The van der Waals surface area contributed by atoms with Gasteiger partial charge in [0.05, 0.1) is 6.21 Å². The molecule has 0 aliphatic heterocycles. The molecule has 1 aromatic rings. The number of nitrogens with zero attached hydrogens (tertiary/aromatic N) is 1. The summed E-state index contributed by atoms with van der Waals surface area (Å²) in [7, 11) is 0. The lowest BCUT2D eigenvalue weighted by molar-refractivity contribution is -0.139. The molecule has 5 nitrogen and oxygen atoms in total. The Labute approximate surface area is 114 Å². The van der Waals surface area contributed by atoms with Crippen molar-refractivity contribution in [2.75, 3.05) is 0 Å². The highest BCUT2D eigenvalue weighted by molar-refractivity contribution is 9.10. The van der Waals surface area contributed by atoms with Gasteiger partial charge in [0, 0.05) is 10.5 Å². The fraction of sp³-hybridized carbons (Fsp3) is 0.250. The lowest BCUT2D eigenvalue weighted by Gasteiger charge is -2.05. The van der Waals surface area contributed by atoms with E-state index < -0.39 is 11.8 Å². The van der Waals surface area contributed by atoms with Gasteiger partial charge >= 0.3 is 11.8 Å². The minimum absolute atomic E-state index is 0.0858. The summed E-state index contributed by atoms with van der Waals surface area (Å²) in [5.41, 5.74) is 2.97. The maximum absolute atomic E-state index is 11.3. The van der Waals surface area contributed by atoms with E-state index in [0.717, 1.165) is 10.0 Å². The maximum Gasteiger partial charge on any atom is 0.329 e. The number of benzene rings is 1. The Hall–Kier alpha value is -1.69. The first kappa shape index (κ1) is 14.4. The average molecular weight is 312 g/mol. The van der Waals surface area contributed by atoms with E-state index in [1.165, 1.54) is 6.21 Å². The average Bonchev–Trinajstić information content (AvgIpc) is 2.28. The number of hydrogen-bond acceptors (Lipinski definition) is 3. The summed E-state index contributed by atoms with van der Waals surface area (Å²) in [6.45, 7) is 3.55. The number of halogens is 1. The van der Waals surface area contributed by atoms with Crippen LogP contribution >= 0.6 is 15.9 Å². The highest BCUT2D eigenvalue weighted by Crippen LogP contribution is 2.09. The van der Waals surface area contributed by atoms with Crippen LogP contribution in [0.2, 0.25) is 0 Å². The third kappa shape index (κ3) is 5.09. The molecule has 0 atom stereocenters. The molecule has 2 N–H and O–H groups in total. The van der Waals surface area contributed by atoms with E-state index in [1.54, 1.807) is 13.8 Å². The Bertz CT molecular complexity index is 472. The zero-order valence-electron chi connectivity index (χ0n) is 10.1. The largest absolute Gasteiger partial charge is 0.346 e. The van der Waals surface area contributed by atoms with Crippen LogP contribution in [0.15, 0.2) is 33.8 Å². The van der Waals surface area contributed by atoms with E-state index in [4.69, 9.17) is 0 Å². The van der Waals surface area contributed by atoms with Crippen molar-refractivity contribution in [1.29, 1.82) is 0 Å². The molecule has 1 rings (SSSR count). The zero-order valence-corrected chi connectivity index (χ0v) is 11.7. The van der Waals surface area contributed by atoms with Crippen molar-refractivity contribution in [3.63, 3.8) is 0 Å². The van der Waals surface area contributed by atoms with Crippen LogP contribution in [0, 0.1) is 0 Å². The van der Waals surface area contributed by atoms with Gasteiger partial charge in [0.2, 0.25) is 0 Å². The van der Waals surface area contributed by atoms with Crippen molar-refractivity contribution in [1.82, 2.24) is 10.7 Å². The molecule has 0 aliphatic rings. The molecule has 0 spiro atoms. The fourth-order valence-electron chi connectivity index (χ4n) is 1.13. The summed E-state index contributed by atoms with van der Waals surface area (Å²) in [4.78, 5) is 22.5. The van der Waals surface area contributed by atoms with Gasteiger partial charge in [-0.1, -0.05) is 28.1 Å². The summed E-state index contributed by atoms with van der Waals surface area (Å²) in [5, 5.41) is 6.17. The third-order valence-corrected chi connectivity index (χ3v) is 2.35. The molecular formula is C12H14BrN3O2. The van der Waals surface area contributed by atoms with Crippen LogP contribution in [0.4, 0.5) is 0 Å². The molecule has 0 saturated carbocycles. The van der Waals surface area contributed by atoms with Crippen LogP contribution in [0.5, 0.6) is 0 Å². The number of carbonyl (C=O) groups is 2. The van der Waals surface area contributed by atoms with Crippen molar-refractivity contribution < 1.29 is 9.59 Å². The standard InChI is InChI=1S/C12H14BrN3O2/c1-8(2)15-11(17)12(18)16-14-7-9-4-3-5-10(13)6-9/h3-8H,1-2H3,(H,15,17)(H,16,18)/b14-7-. The normalized spacial score (nSPS) is 10.7. The number of rotatable bonds is 3. The van der Waals surface area contributed by atoms with Crippen molar-refractivity contribution in [2.45, 2.75) is 19.9 Å². The van der Waals surface area contributed by atoms with Gasteiger partial charge < -0.3 is 5.32 Å². The molecule has 18 heavy (non-hydrogen) atoms. The predicted molar refractivity (Wildman–Crippen MR) is 73.2 cm³/mol. The molecule has 6 heteroatoms.